The molecule has 26 heavy (non-hydrogen) atoms. The number of benzene rings is 1. The predicted octanol–water partition coefficient (Wildman–Crippen LogP) is 2.20. The molecule has 1 N–H and O–H groups in total. The van der Waals surface area contributed by atoms with E-state index in [0.29, 0.717) is 5.69 Å². The number of ether oxygens (including phenoxy) is 1. The van der Waals surface area contributed by atoms with Crippen LogP contribution in [0.5, 0.6) is 0 Å². The highest BCUT2D eigenvalue weighted by Crippen LogP contribution is 2.15. The second-order valence-electron chi connectivity index (χ2n) is 5.86. The molecule has 0 unspecified atom stereocenters. The number of amides is 1. The molecule has 1 heterocycles. The van der Waals surface area contributed by atoms with Crippen molar-refractivity contribution in [1.82, 2.24) is 15.1 Å². The van der Waals surface area contributed by atoms with Gasteiger partial charge in [-0.2, -0.15) is 5.10 Å². The van der Waals surface area contributed by atoms with E-state index >= 15 is 0 Å². The number of nitrogens with zero attached hydrogens (tertiary/aromatic N) is 2. The van der Waals surface area contributed by atoms with Crippen LogP contribution in [0.15, 0.2) is 18.2 Å². The summed E-state index contributed by atoms with van der Waals surface area (Å²) in [5, 5.41) is 6.98. The Balaban J connectivity index is 1.94. The second kappa shape index (κ2) is 8.55. The fourth-order valence-corrected chi connectivity index (χ4v) is 2.62. The maximum atomic E-state index is 13.6. The second-order valence-corrected chi connectivity index (χ2v) is 5.86. The van der Waals surface area contributed by atoms with E-state index in [1.165, 1.54) is 30.0 Å². The lowest BCUT2D eigenvalue weighted by molar-refractivity contribution is -0.141. The largest absolute Gasteiger partial charge is 0.468 e. The van der Waals surface area contributed by atoms with Crippen LogP contribution in [0, 0.1) is 25.5 Å². The standard InChI is InChI=1S/C18H21F2N3O3/c1-11-14(12(2)23(22-11)10-18(25)26-3)9-21-17(24)8-7-13-15(19)5-4-6-16(13)20/h4-6H,7-10H2,1-3H3,(H,21,24). The van der Waals surface area contributed by atoms with Crippen molar-refractivity contribution in [3.8, 4) is 0 Å². The predicted molar refractivity (Wildman–Crippen MR) is 90.2 cm³/mol. The highest BCUT2D eigenvalue weighted by Gasteiger charge is 2.15. The summed E-state index contributed by atoms with van der Waals surface area (Å²) in [6, 6.07) is 3.61. The Morgan fingerprint density at radius 1 is 1.19 bits per heavy atom. The highest BCUT2D eigenvalue weighted by molar-refractivity contribution is 5.76. The van der Waals surface area contributed by atoms with E-state index in [0.717, 1.165) is 11.3 Å². The number of esters is 1. The first-order valence-corrected chi connectivity index (χ1v) is 8.12. The van der Waals surface area contributed by atoms with Crippen molar-refractivity contribution in [2.75, 3.05) is 7.11 Å². The molecule has 8 heteroatoms. The van der Waals surface area contributed by atoms with Gasteiger partial charge in [0.15, 0.2) is 0 Å². The lowest BCUT2D eigenvalue weighted by Crippen LogP contribution is -2.24. The molecule has 0 saturated heterocycles. The molecule has 1 aromatic carbocycles. The number of rotatable bonds is 7. The van der Waals surface area contributed by atoms with Crippen LogP contribution in [0.25, 0.3) is 0 Å². The van der Waals surface area contributed by atoms with Crippen molar-refractivity contribution < 1.29 is 23.1 Å². The smallest absolute Gasteiger partial charge is 0.327 e. The molecule has 140 valence electrons. The van der Waals surface area contributed by atoms with Gasteiger partial charge < -0.3 is 10.1 Å². The Kier molecular flexibility index (Phi) is 6.43. The number of nitrogens with one attached hydrogen (secondary N) is 1. The Labute approximate surface area is 150 Å². The third-order valence-electron chi connectivity index (χ3n) is 4.16. The molecular formula is C18H21F2N3O3. The van der Waals surface area contributed by atoms with E-state index < -0.39 is 17.6 Å². The van der Waals surface area contributed by atoms with Crippen molar-refractivity contribution in [3.05, 3.63) is 52.3 Å². The van der Waals surface area contributed by atoms with Gasteiger partial charge in [-0.05, 0) is 32.4 Å². The monoisotopic (exact) mass is 365 g/mol. The molecule has 1 aromatic heterocycles. The average Bonchev–Trinajstić information content (AvgIpc) is 2.86. The zero-order chi connectivity index (χ0) is 19.3. The molecule has 2 aromatic rings. The van der Waals surface area contributed by atoms with Gasteiger partial charge >= 0.3 is 5.97 Å². The fraction of sp³-hybridized carbons (Fsp3) is 0.389. The Morgan fingerprint density at radius 3 is 2.46 bits per heavy atom. The van der Waals surface area contributed by atoms with Gasteiger partial charge in [0.25, 0.3) is 0 Å². The van der Waals surface area contributed by atoms with Crippen LogP contribution in [0.4, 0.5) is 8.78 Å². The van der Waals surface area contributed by atoms with Gasteiger partial charge in [-0.1, -0.05) is 6.07 Å². The van der Waals surface area contributed by atoms with E-state index in [4.69, 9.17) is 0 Å². The highest BCUT2D eigenvalue weighted by atomic mass is 19.1. The van der Waals surface area contributed by atoms with Crippen LogP contribution >= 0.6 is 0 Å². The topological polar surface area (TPSA) is 73.2 Å². The lowest BCUT2D eigenvalue weighted by atomic mass is 10.1. The van der Waals surface area contributed by atoms with E-state index in [9.17, 15) is 18.4 Å². The quantitative estimate of drug-likeness (QED) is 0.764. The van der Waals surface area contributed by atoms with Gasteiger partial charge in [0, 0.05) is 29.8 Å². The van der Waals surface area contributed by atoms with E-state index in [1.54, 1.807) is 13.8 Å². The van der Waals surface area contributed by atoms with Gasteiger partial charge in [-0.3, -0.25) is 14.3 Å². The fourth-order valence-electron chi connectivity index (χ4n) is 2.62. The molecule has 2 rings (SSSR count). The van der Waals surface area contributed by atoms with Crippen LogP contribution < -0.4 is 5.32 Å². The Morgan fingerprint density at radius 2 is 1.85 bits per heavy atom. The minimum atomic E-state index is -0.659. The molecule has 0 atom stereocenters. The van der Waals surface area contributed by atoms with Crippen molar-refractivity contribution in [3.63, 3.8) is 0 Å². The van der Waals surface area contributed by atoms with Gasteiger partial charge in [0.2, 0.25) is 5.91 Å². The number of aromatic nitrogens is 2. The molecular weight excluding hydrogens is 344 g/mol. The Hall–Kier alpha value is -2.77. The number of carbonyl (C=O) groups is 2. The molecule has 0 radical (unpaired) electrons. The SMILES string of the molecule is COC(=O)Cn1nc(C)c(CNC(=O)CCc2c(F)cccc2F)c1C. The maximum absolute atomic E-state index is 13.6. The van der Waals surface area contributed by atoms with Gasteiger partial charge in [0.05, 0.1) is 12.8 Å². The molecule has 0 aliphatic rings. The Bertz CT molecular complexity index is 798. The minimum absolute atomic E-state index is 0.0102. The summed E-state index contributed by atoms with van der Waals surface area (Å²) in [4.78, 5) is 23.4. The van der Waals surface area contributed by atoms with Gasteiger partial charge in [-0.25, -0.2) is 8.78 Å². The normalized spacial score (nSPS) is 10.7. The van der Waals surface area contributed by atoms with Crippen LogP contribution in [0.1, 0.15) is 28.9 Å². The van der Waals surface area contributed by atoms with Crippen LogP contribution in [0.2, 0.25) is 0 Å². The van der Waals surface area contributed by atoms with E-state index in [-0.39, 0.29) is 37.4 Å². The number of carbonyl (C=O) groups excluding carboxylic acids is 2. The molecule has 0 saturated carbocycles. The summed E-state index contributed by atoms with van der Waals surface area (Å²) in [5.74, 6) is -2.06. The third-order valence-corrected chi connectivity index (χ3v) is 4.16. The van der Waals surface area contributed by atoms with E-state index in [2.05, 4.69) is 15.2 Å². The molecule has 0 fully saturated rings. The summed E-state index contributed by atoms with van der Waals surface area (Å²) in [5.41, 5.74) is 2.13. The first-order chi connectivity index (χ1) is 12.3. The maximum Gasteiger partial charge on any atom is 0.327 e. The van der Waals surface area contributed by atoms with Crippen molar-refractivity contribution >= 4 is 11.9 Å². The third kappa shape index (κ3) is 4.65. The van der Waals surface area contributed by atoms with Gasteiger partial charge in [0.1, 0.15) is 18.2 Å². The number of methoxy groups -OCH3 is 1. The number of halogens is 2. The van der Waals surface area contributed by atoms with Crippen molar-refractivity contribution in [2.24, 2.45) is 0 Å². The first kappa shape index (κ1) is 19.6. The summed E-state index contributed by atoms with van der Waals surface area (Å²) in [6.45, 7) is 3.78. The van der Waals surface area contributed by atoms with Crippen molar-refractivity contribution in [2.45, 2.75) is 39.8 Å². The van der Waals surface area contributed by atoms with Crippen molar-refractivity contribution in [1.29, 1.82) is 0 Å². The summed E-state index contributed by atoms with van der Waals surface area (Å²) >= 11 is 0. The van der Waals surface area contributed by atoms with Crippen LogP contribution in [-0.2, 0) is 33.8 Å². The molecule has 0 aliphatic carbocycles. The number of hydrogen-bond donors (Lipinski definition) is 1. The molecule has 0 spiro atoms. The van der Waals surface area contributed by atoms with E-state index in [1.807, 2.05) is 0 Å². The minimum Gasteiger partial charge on any atom is -0.468 e. The lowest BCUT2D eigenvalue weighted by Gasteiger charge is -2.08. The van der Waals surface area contributed by atoms with Crippen LogP contribution in [-0.4, -0.2) is 28.8 Å². The molecule has 0 bridgehead atoms. The van der Waals surface area contributed by atoms with Crippen LogP contribution in [0.3, 0.4) is 0 Å². The zero-order valence-corrected chi connectivity index (χ0v) is 14.9. The van der Waals surface area contributed by atoms with Gasteiger partial charge in [-0.15, -0.1) is 0 Å². The molecule has 6 nitrogen and oxygen atoms in total. The first-order valence-electron chi connectivity index (χ1n) is 8.12. The zero-order valence-electron chi connectivity index (χ0n) is 14.9. The number of hydrogen-bond acceptors (Lipinski definition) is 4. The summed E-state index contributed by atoms with van der Waals surface area (Å²) in [7, 11) is 1.30. The molecule has 1 amide bonds. The average molecular weight is 365 g/mol. The summed E-state index contributed by atoms with van der Waals surface area (Å²) < 4.78 is 33.3. The molecule has 0 aliphatic heterocycles. The summed E-state index contributed by atoms with van der Waals surface area (Å²) in [6.07, 6.45) is -0.0594. The number of aryl methyl sites for hydroxylation is 1.